The van der Waals surface area contributed by atoms with Crippen molar-refractivity contribution in [1.29, 1.82) is 0 Å². The van der Waals surface area contributed by atoms with E-state index in [9.17, 15) is 0 Å². The van der Waals surface area contributed by atoms with Crippen LogP contribution in [0, 0.1) is 6.07 Å². The second-order valence-corrected chi connectivity index (χ2v) is 3.60. The molecule has 0 saturated heterocycles. The molecular formula is C9H8BrO. The second-order valence-electron chi connectivity index (χ2n) is 2.69. The maximum atomic E-state index is 5.50. The zero-order valence-electron chi connectivity index (χ0n) is 6.01. The van der Waals surface area contributed by atoms with Crippen LogP contribution in [-0.2, 0) is 0 Å². The van der Waals surface area contributed by atoms with E-state index in [0.717, 1.165) is 10.2 Å². The number of halogens is 1. The smallest absolute Gasteiger partial charge is 0.127 e. The van der Waals surface area contributed by atoms with Gasteiger partial charge in [-0.25, -0.2) is 0 Å². The van der Waals surface area contributed by atoms with Gasteiger partial charge in [-0.1, -0.05) is 15.9 Å². The third kappa shape index (κ3) is 1.96. The summed E-state index contributed by atoms with van der Waals surface area (Å²) in [5.74, 6) is 0.857. The Kier molecular flexibility index (Phi) is 1.86. The fraction of sp³-hybridized carbons (Fsp3) is 0.333. The molecule has 1 saturated carbocycles. The predicted octanol–water partition coefficient (Wildman–Crippen LogP) is 2.79. The van der Waals surface area contributed by atoms with Gasteiger partial charge in [0.25, 0.3) is 0 Å². The van der Waals surface area contributed by atoms with Crippen LogP contribution in [0.15, 0.2) is 22.7 Å². The second kappa shape index (κ2) is 2.86. The van der Waals surface area contributed by atoms with E-state index in [4.69, 9.17) is 4.74 Å². The average molecular weight is 212 g/mol. The number of benzene rings is 1. The van der Waals surface area contributed by atoms with Crippen molar-refractivity contribution in [2.75, 3.05) is 0 Å². The van der Waals surface area contributed by atoms with Crippen LogP contribution in [0.4, 0.5) is 0 Å². The minimum atomic E-state index is 0.465. The molecule has 0 unspecified atom stereocenters. The van der Waals surface area contributed by atoms with Crippen LogP contribution in [0.2, 0.25) is 0 Å². The Morgan fingerprint density at radius 3 is 2.82 bits per heavy atom. The number of ether oxygens (including phenoxy) is 1. The molecule has 0 atom stereocenters. The van der Waals surface area contributed by atoms with E-state index in [2.05, 4.69) is 22.0 Å². The summed E-state index contributed by atoms with van der Waals surface area (Å²) in [6.45, 7) is 0. The van der Waals surface area contributed by atoms with Crippen LogP contribution in [0.5, 0.6) is 5.75 Å². The zero-order valence-corrected chi connectivity index (χ0v) is 7.60. The third-order valence-corrected chi connectivity index (χ3v) is 2.06. The topological polar surface area (TPSA) is 9.23 Å². The quantitative estimate of drug-likeness (QED) is 0.732. The van der Waals surface area contributed by atoms with Crippen molar-refractivity contribution >= 4 is 15.9 Å². The van der Waals surface area contributed by atoms with Gasteiger partial charge in [-0.2, -0.15) is 0 Å². The Morgan fingerprint density at radius 2 is 2.27 bits per heavy atom. The Balaban J connectivity index is 2.06. The van der Waals surface area contributed by atoms with Gasteiger partial charge in [0.15, 0.2) is 0 Å². The SMILES string of the molecule is Brc1c[c]c(OC2CC2)cc1. The van der Waals surface area contributed by atoms with Gasteiger partial charge in [-0.3, -0.25) is 0 Å². The van der Waals surface area contributed by atoms with Gasteiger partial charge in [-0.05, 0) is 31.0 Å². The highest BCUT2D eigenvalue weighted by molar-refractivity contribution is 9.10. The molecule has 1 fully saturated rings. The van der Waals surface area contributed by atoms with Crippen LogP contribution in [0.25, 0.3) is 0 Å². The van der Waals surface area contributed by atoms with Crippen molar-refractivity contribution in [2.24, 2.45) is 0 Å². The highest BCUT2D eigenvalue weighted by Gasteiger charge is 2.23. The summed E-state index contributed by atoms with van der Waals surface area (Å²) in [6.07, 6.45) is 2.86. The first-order valence-corrected chi connectivity index (χ1v) is 4.48. The van der Waals surface area contributed by atoms with E-state index < -0.39 is 0 Å². The van der Waals surface area contributed by atoms with Crippen LogP contribution in [0.1, 0.15) is 12.8 Å². The van der Waals surface area contributed by atoms with Crippen molar-refractivity contribution in [3.8, 4) is 5.75 Å². The lowest BCUT2D eigenvalue weighted by molar-refractivity contribution is 0.302. The molecule has 0 bridgehead atoms. The lowest BCUT2D eigenvalue weighted by atomic mass is 10.3. The molecule has 0 heterocycles. The van der Waals surface area contributed by atoms with E-state index in [1.807, 2.05) is 18.2 Å². The summed E-state index contributed by atoms with van der Waals surface area (Å²) in [7, 11) is 0. The molecule has 1 aliphatic rings. The Bertz CT molecular complexity index is 238. The van der Waals surface area contributed by atoms with Crippen molar-refractivity contribution in [1.82, 2.24) is 0 Å². The molecule has 0 aliphatic heterocycles. The van der Waals surface area contributed by atoms with Crippen molar-refractivity contribution in [3.05, 3.63) is 28.7 Å². The molecule has 1 radical (unpaired) electrons. The molecule has 0 aromatic heterocycles. The van der Waals surface area contributed by atoms with E-state index in [0.29, 0.717) is 6.10 Å². The molecule has 0 N–H and O–H groups in total. The van der Waals surface area contributed by atoms with E-state index in [1.54, 1.807) is 0 Å². The monoisotopic (exact) mass is 211 g/mol. The van der Waals surface area contributed by atoms with Crippen LogP contribution in [-0.4, -0.2) is 6.10 Å². The average Bonchev–Trinajstić information content (AvgIpc) is 2.78. The molecule has 0 spiro atoms. The summed E-state index contributed by atoms with van der Waals surface area (Å²) < 4.78 is 6.55. The molecule has 2 heteroatoms. The van der Waals surface area contributed by atoms with Crippen LogP contribution >= 0.6 is 15.9 Å². The largest absolute Gasteiger partial charge is 0.490 e. The highest BCUT2D eigenvalue weighted by atomic mass is 79.9. The normalized spacial score (nSPS) is 16.5. The molecule has 0 amide bonds. The first kappa shape index (κ1) is 7.17. The van der Waals surface area contributed by atoms with Gasteiger partial charge >= 0.3 is 0 Å². The van der Waals surface area contributed by atoms with Gasteiger partial charge in [-0.15, -0.1) is 0 Å². The molecule has 1 nitrogen and oxygen atoms in total. The number of hydrogen-bond donors (Lipinski definition) is 0. The molecule has 1 aromatic rings. The van der Waals surface area contributed by atoms with Gasteiger partial charge in [0.2, 0.25) is 0 Å². The summed E-state index contributed by atoms with van der Waals surface area (Å²) in [5, 5.41) is 0. The summed E-state index contributed by atoms with van der Waals surface area (Å²) in [4.78, 5) is 0. The molecular weight excluding hydrogens is 204 g/mol. The molecule has 11 heavy (non-hydrogen) atoms. The maximum absolute atomic E-state index is 5.50. The minimum Gasteiger partial charge on any atom is -0.490 e. The fourth-order valence-electron chi connectivity index (χ4n) is 0.830. The lowest BCUT2D eigenvalue weighted by Gasteiger charge is -2.01. The van der Waals surface area contributed by atoms with Gasteiger partial charge in [0, 0.05) is 10.5 Å². The summed E-state index contributed by atoms with van der Waals surface area (Å²) in [5.41, 5.74) is 0. The Labute approximate surface area is 74.5 Å². The van der Waals surface area contributed by atoms with E-state index in [1.165, 1.54) is 12.8 Å². The van der Waals surface area contributed by atoms with Crippen LogP contribution in [0.3, 0.4) is 0 Å². The first-order chi connectivity index (χ1) is 5.34. The molecule has 2 rings (SSSR count). The van der Waals surface area contributed by atoms with Gasteiger partial charge in [0.05, 0.1) is 6.10 Å². The molecule has 57 valence electrons. The molecule has 1 aliphatic carbocycles. The van der Waals surface area contributed by atoms with E-state index >= 15 is 0 Å². The predicted molar refractivity (Wildman–Crippen MR) is 46.6 cm³/mol. The van der Waals surface area contributed by atoms with Crippen molar-refractivity contribution in [3.63, 3.8) is 0 Å². The van der Waals surface area contributed by atoms with Gasteiger partial charge < -0.3 is 4.74 Å². The van der Waals surface area contributed by atoms with Crippen molar-refractivity contribution in [2.45, 2.75) is 18.9 Å². The summed E-state index contributed by atoms with van der Waals surface area (Å²) in [6, 6.07) is 8.81. The number of hydrogen-bond acceptors (Lipinski definition) is 1. The Hall–Kier alpha value is -0.500. The number of rotatable bonds is 2. The van der Waals surface area contributed by atoms with Crippen molar-refractivity contribution < 1.29 is 4.74 Å². The first-order valence-electron chi connectivity index (χ1n) is 3.68. The summed E-state index contributed by atoms with van der Waals surface area (Å²) >= 11 is 3.34. The lowest BCUT2D eigenvalue weighted by Crippen LogP contribution is -1.94. The van der Waals surface area contributed by atoms with Crippen LogP contribution < -0.4 is 4.74 Å². The van der Waals surface area contributed by atoms with Gasteiger partial charge in [0.1, 0.15) is 5.75 Å². The maximum Gasteiger partial charge on any atom is 0.127 e. The zero-order chi connectivity index (χ0) is 7.68. The fourth-order valence-corrected chi connectivity index (χ4v) is 1.08. The molecule has 1 aromatic carbocycles. The Morgan fingerprint density at radius 1 is 1.45 bits per heavy atom. The standard InChI is InChI=1S/C9H8BrO/c10-7-1-3-8(4-2-7)11-9-5-6-9/h1-3,9H,5-6H2. The highest BCUT2D eigenvalue weighted by Crippen LogP contribution is 2.26. The van der Waals surface area contributed by atoms with E-state index in [-0.39, 0.29) is 0 Å². The third-order valence-electron chi connectivity index (χ3n) is 1.56. The minimum absolute atomic E-state index is 0.465.